The van der Waals surface area contributed by atoms with Crippen molar-refractivity contribution >= 4 is 5.97 Å². The van der Waals surface area contributed by atoms with E-state index in [0.717, 1.165) is 12.3 Å². The summed E-state index contributed by atoms with van der Waals surface area (Å²) in [5.41, 5.74) is 0.345. The molecule has 0 aromatic heterocycles. The van der Waals surface area contributed by atoms with Crippen LogP contribution in [0.15, 0.2) is 0 Å². The van der Waals surface area contributed by atoms with Gasteiger partial charge in [0.25, 0.3) is 0 Å². The van der Waals surface area contributed by atoms with E-state index in [1.54, 1.807) is 0 Å². The van der Waals surface area contributed by atoms with E-state index in [4.69, 9.17) is 11.2 Å². The Balaban J connectivity index is 2.02. The van der Waals surface area contributed by atoms with Crippen molar-refractivity contribution in [1.82, 2.24) is 0 Å². The number of rotatable bonds is 1. The van der Waals surface area contributed by atoms with Crippen LogP contribution in [0.4, 0.5) is 0 Å². The molecule has 0 unspecified atom stereocenters. The van der Waals surface area contributed by atoms with E-state index in [2.05, 4.69) is 13.8 Å². The molecular formula is C12H16O2. The van der Waals surface area contributed by atoms with Crippen molar-refractivity contribution < 1.29 is 9.53 Å². The van der Waals surface area contributed by atoms with E-state index >= 15 is 0 Å². The molecule has 0 amide bonds. The first kappa shape index (κ1) is 9.58. The molecule has 3 aliphatic carbocycles. The molecule has 0 saturated heterocycles. The Bertz CT molecular complexity index is 296. The fourth-order valence-corrected chi connectivity index (χ4v) is 3.06. The first-order valence-electron chi connectivity index (χ1n) is 5.23. The topological polar surface area (TPSA) is 26.3 Å². The Labute approximate surface area is 85.0 Å². The van der Waals surface area contributed by atoms with Gasteiger partial charge in [-0.1, -0.05) is 13.8 Å². The van der Waals surface area contributed by atoms with Crippen LogP contribution >= 0.6 is 0 Å². The number of terminal acetylenes is 1. The lowest BCUT2D eigenvalue weighted by Crippen LogP contribution is -2.55. The van der Waals surface area contributed by atoms with E-state index < -0.39 is 5.97 Å². The minimum atomic E-state index is -0.504. The van der Waals surface area contributed by atoms with Gasteiger partial charge in [0.15, 0.2) is 0 Å². The molecule has 14 heavy (non-hydrogen) atoms. The highest BCUT2D eigenvalue weighted by molar-refractivity contribution is 5.87. The monoisotopic (exact) mass is 192 g/mol. The van der Waals surface area contributed by atoms with Crippen molar-refractivity contribution in [3.05, 3.63) is 0 Å². The smallest absolute Gasteiger partial charge is 0.384 e. The molecule has 0 N–H and O–H groups in total. The molecule has 3 atom stereocenters. The van der Waals surface area contributed by atoms with Crippen LogP contribution in [-0.4, -0.2) is 12.1 Å². The summed E-state index contributed by atoms with van der Waals surface area (Å²) < 4.78 is 5.25. The summed E-state index contributed by atoms with van der Waals surface area (Å²) in [7, 11) is 0. The zero-order valence-corrected chi connectivity index (χ0v) is 8.75. The third-order valence-electron chi connectivity index (χ3n) is 4.17. The van der Waals surface area contributed by atoms with Crippen LogP contribution < -0.4 is 0 Å². The van der Waals surface area contributed by atoms with E-state index in [9.17, 15) is 4.79 Å². The summed E-state index contributed by atoms with van der Waals surface area (Å²) in [4.78, 5) is 11.0. The quantitative estimate of drug-likeness (QED) is 0.361. The number of esters is 1. The van der Waals surface area contributed by atoms with Crippen LogP contribution in [-0.2, 0) is 9.53 Å². The minimum absolute atomic E-state index is 0.0681. The van der Waals surface area contributed by atoms with Crippen LogP contribution in [0.1, 0.15) is 33.1 Å². The van der Waals surface area contributed by atoms with Gasteiger partial charge in [0.2, 0.25) is 0 Å². The Hall–Kier alpha value is -0.970. The summed E-state index contributed by atoms with van der Waals surface area (Å²) in [6, 6.07) is 0. The first-order valence-corrected chi connectivity index (χ1v) is 5.23. The van der Waals surface area contributed by atoms with Crippen LogP contribution in [0.3, 0.4) is 0 Å². The summed E-state index contributed by atoms with van der Waals surface area (Å²) in [6.07, 6.45) is 8.43. The van der Waals surface area contributed by atoms with Gasteiger partial charge >= 0.3 is 5.97 Å². The molecule has 2 heteroatoms. The number of carbonyl (C=O) groups is 1. The molecule has 2 nitrogen and oxygen atoms in total. The Morgan fingerprint density at radius 3 is 2.71 bits per heavy atom. The number of hydrogen-bond donors (Lipinski definition) is 0. The predicted molar refractivity (Wildman–Crippen MR) is 53.3 cm³/mol. The first-order chi connectivity index (χ1) is 6.55. The summed E-state index contributed by atoms with van der Waals surface area (Å²) in [5.74, 6) is 2.87. The standard InChI is InChI=1S/C12H16O2/c1-4-11(13)14-10-6-5-8-7-9(10)12(8,2)3/h1,8-10H,5-7H2,2-3H3/t8-,9+,10+/m1/s1. The van der Waals surface area contributed by atoms with Gasteiger partial charge in [-0.2, -0.15) is 0 Å². The van der Waals surface area contributed by atoms with Crippen molar-refractivity contribution in [1.29, 1.82) is 0 Å². The van der Waals surface area contributed by atoms with Crippen LogP contribution in [0.25, 0.3) is 0 Å². The molecule has 3 saturated carbocycles. The molecular weight excluding hydrogens is 176 g/mol. The second-order valence-electron chi connectivity index (χ2n) is 5.03. The Kier molecular flexibility index (Phi) is 2.06. The number of carbonyl (C=O) groups excluding carboxylic acids is 1. The molecule has 3 rings (SSSR count). The molecule has 76 valence electrons. The van der Waals surface area contributed by atoms with Crippen molar-refractivity contribution in [2.24, 2.45) is 17.3 Å². The molecule has 0 aliphatic heterocycles. The maximum Gasteiger partial charge on any atom is 0.384 e. The van der Waals surface area contributed by atoms with Gasteiger partial charge in [-0.15, -0.1) is 6.42 Å². The molecule has 3 aliphatic rings. The maximum absolute atomic E-state index is 11.0. The van der Waals surface area contributed by atoms with E-state index in [1.807, 2.05) is 5.92 Å². The average Bonchev–Trinajstić information content (AvgIpc) is 2.17. The van der Waals surface area contributed by atoms with Gasteiger partial charge in [0, 0.05) is 11.8 Å². The van der Waals surface area contributed by atoms with Gasteiger partial charge in [-0.25, -0.2) is 4.79 Å². The zero-order valence-electron chi connectivity index (χ0n) is 8.75. The van der Waals surface area contributed by atoms with E-state index in [0.29, 0.717) is 11.3 Å². The van der Waals surface area contributed by atoms with Gasteiger partial charge in [0.1, 0.15) is 6.10 Å². The highest BCUT2D eigenvalue weighted by atomic mass is 16.5. The lowest BCUT2D eigenvalue weighted by molar-refractivity contribution is -0.176. The van der Waals surface area contributed by atoms with Crippen molar-refractivity contribution in [3.63, 3.8) is 0 Å². The van der Waals surface area contributed by atoms with Crippen LogP contribution in [0.5, 0.6) is 0 Å². The number of fused-ring (bicyclic) bond motifs is 2. The number of hydrogen-bond acceptors (Lipinski definition) is 2. The molecule has 2 bridgehead atoms. The summed E-state index contributed by atoms with van der Waals surface area (Å²) >= 11 is 0. The molecule has 3 fully saturated rings. The lowest BCUT2D eigenvalue weighted by atomic mass is 9.48. The van der Waals surface area contributed by atoms with Crippen molar-refractivity contribution in [2.45, 2.75) is 39.2 Å². The zero-order chi connectivity index (χ0) is 10.3. The third kappa shape index (κ3) is 1.23. The lowest BCUT2D eigenvalue weighted by Gasteiger charge is -2.59. The fraction of sp³-hybridized carbons (Fsp3) is 0.750. The molecule has 0 radical (unpaired) electrons. The molecule has 0 aromatic rings. The van der Waals surface area contributed by atoms with Gasteiger partial charge in [0.05, 0.1) is 0 Å². The Morgan fingerprint density at radius 1 is 1.50 bits per heavy atom. The maximum atomic E-state index is 11.0. The molecule has 0 heterocycles. The van der Waals surface area contributed by atoms with E-state index in [-0.39, 0.29) is 6.10 Å². The van der Waals surface area contributed by atoms with Crippen molar-refractivity contribution in [2.75, 3.05) is 0 Å². The van der Waals surface area contributed by atoms with Gasteiger partial charge in [-0.05, 0) is 30.6 Å². The average molecular weight is 192 g/mol. The second kappa shape index (κ2) is 3.02. The second-order valence-corrected chi connectivity index (χ2v) is 5.03. The number of ether oxygens (including phenoxy) is 1. The molecule has 0 aromatic carbocycles. The predicted octanol–water partition coefficient (Wildman–Crippen LogP) is 1.99. The van der Waals surface area contributed by atoms with Crippen LogP contribution in [0.2, 0.25) is 0 Å². The van der Waals surface area contributed by atoms with Gasteiger partial charge < -0.3 is 4.74 Å². The SMILES string of the molecule is C#CC(=O)O[C@H]1CC[C@@H]2C[C@@H]1C2(C)C. The Morgan fingerprint density at radius 2 is 2.21 bits per heavy atom. The van der Waals surface area contributed by atoms with Crippen LogP contribution in [0, 0.1) is 29.6 Å². The fourth-order valence-electron chi connectivity index (χ4n) is 3.06. The van der Waals surface area contributed by atoms with Crippen molar-refractivity contribution in [3.8, 4) is 12.3 Å². The largest absolute Gasteiger partial charge is 0.452 e. The summed E-state index contributed by atoms with van der Waals surface area (Å²) in [6.45, 7) is 4.53. The highest BCUT2D eigenvalue weighted by Gasteiger charge is 2.55. The summed E-state index contributed by atoms with van der Waals surface area (Å²) in [5, 5.41) is 0. The van der Waals surface area contributed by atoms with E-state index in [1.165, 1.54) is 12.8 Å². The van der Waals surface area contributed by atoms with Gasteiger partial charge in [-0.3, -0.25) is 0 Å². The normalized spacial score (nSPS) is 37.9. The minimum Gasteiger partial charge on any atom is -0.452 e. The molecule has 0 spiro atoms. The third-order valence-corrected chi connectivity index (χ3v) is 4.17. The highest BCUT2D eigenvalue weighted by Crippen LogP contribution is 2.59.